The van der Waals surface area contributed by atoms with E-state index in [9.17, 15) is 9.18 Å². The highest BCUT2D eigenvalue weighted by Gasteiger charge is 2.29. The van der Waals surface area contributed by atoms with Crippen LogP contribution in [0.3, 0.4) is 0 Å². The molecule has 0 radical (unpaired) electrons. The Kier molecular flexibility index (Phi) is 5.53. The van der Waals surface area contributed by atoms with Gasteiger partial charge < -0.3 is 4.52 Å². The quantitative estimate of drug-likeness (QED) is 0.360. The van der Waals surface area contributed by atoms with Crippen LogP contribution in [0.15, 0.2) is 71.5 Å². The van der Waals surface area contributed by atoms with Gasteiger partial charge in [-0.2, -0.15) is 0 Å². The van der Waals surface area contributed by atoms with Gasteiger partial charge in [0.15, 0.2) is 0 Å². The third-order valence-corrected chi connectivity index (χ3v) is 5.07. The number of rotatable bonds is 4. The van der Waals surface area contributed by atoms with E-state index < -0.39 is 5.82 Å². The fourth-order valence-corrected chi connectivity index (χ4v) is 3.61. The third-order valence-electron chi connectivity index (χ3n) is 4.44. The third kappa shape index (κ3) is 3.67. The first-order chi connectivity index (χ1) is 14.5. The van der Waals surface area contributed by atoms with E-state index in [1.54, 1.807) is 48.8 Å². The lowest BCUT2D eigenvalue weighted by atomic mass is 10.0. The smallest absolute Gasteiger partial charge is 0.247 e. The fraction of sp³-hybridized carbons (Fsp3) is 0.0455. The van der Waals surface area contributed by atoms with Crippen LogP contribution in [-0.4, -0.2) is 16.0 Å². The van der Waals surface area contributed by atoms with Crippen LogP contribution in [-0.2, 0) is 4.79 Å². The minimum absolute atomic E-state index is 0.164. The molecule has 2 aromatic heterocycles. The van der Waals surface area contributed by atoms with Gasteiger partial charge in [-0.1, -0.05) is 40.5 Å². The molecule has 0 bridgehead atoms. The molecule has 0 aliphatic heterocycles. The summed E-state index contributed by atoms with van der Waals surface area (Å²) < 4.78 is 19.2. The summed E-state index contributed by atoms with van der Waals surface area (Å²) in [6, 6.07) is 14.4. The van der Waals surface area contributed by atoms with Crippen molar-refractivity contribution in [3.05, 3.63) is 82.9 Å². The predicted molar refractivity (Wildman–Crippen MR) is 114 cm³/mol. The maximum Gasteiger partial charge on any atom is 0.247 e. The lowest BCUT2D eigenvalue weighted by molar-refractivity contribution is -0.116. The summed E-state index contributed by atoms with van der Waals surface area (Å²) in [5, 5.41) is 4.70. The summed E-state index contributed by atoms with van der Waals surface area (Å²) in [5.74, 6) is -0.636. The van der Waals surface area contributed by atoms with Crippen LogP contribution in [0.25, 0.3) is 22.4 Å². The number of aromatic nitrogens is 2. The Bertz CT molecular complexity index is 1230. The van der Waals surface area contributed by atoms with Gasteiger partial charge in [-0.05, 0) is 48.0 Å². The molecule has 0 fully saturated rings. The first-order valence-electron chi connectivity index (χ1n) is 8.88. The Morgan fingerprint density at radius 2 is 1.77 bits per heavy atom. The Morgan fingerprint density at radius 1 is 1.03 bits per heavy atom. The van der Waals surface area contributed by atoms with Crippen LogP contribution in [0.1, 0.15) is 6.92 Å². The van der Waals surface area contributed by atoms with Gasteiger partial charge in [-0.15, -0.1) is 0 Å². The van der Waals surface area contributed by atoms with Crippen molar-refractivity contribution in [2.24, 2.45) is 0 Å². The molecule has 1 amide bonds. The summed E-state index contributed by atoms with van der Waals surface area (Å²) in [7, 11) is 0. The van der Waals surface area contributed by atoms with E-state index in [1.165, 1.54) is 30.0 Å². The van der Waals surface area contributed by atoms with Crippen LogP contribution in [0.4, 0.5) is 16.0 Å². The maximum atomic E-state index is 13.6. The van der Waals surface area contributed by atoms with E-state index in [2.05, 4.69) is 10.1 Å². The number of benzene rings is 2. The van der Waals surface area contributed by atoms with Crippen LogP contribution in [0.5, 0.6) is 0 Å². The highest BCUT2D eigenvalue weighted by Crippen LogP contribution is 2.44. The number of hydrogen-bond acceptors (Lipinski definition) is 4. The number of carbonyl (C=O) groups is 1. The van der Waals surface area contributed by atoms with E-state index in [-0.39, 0.29) is 16.8 Å². The maximum absolute atomic E-state index is 13.6. The monoisotopic (exact) mass is 441 g/mol. The van der Waals surface area contributed by atoms with Crippen LogP contribution in [0.2, 0.25) is 10.0 Å². The van der Waals surface area contributed by atoms with Crippen LogP contribution in [0, 0.1) is 5.82 Å². The molecule has 0 spiro atoms. The van der Waals surface area contributed by atoms with Crippen molar-refractivity contribution in [3.63, 3.8) is 0 Å². The highest BCUT2D eigenvalue weighted by atomic mass is 35.5. The van der Waals surface area contributed by atoms with E-state index in [0.717, 1.165) is 0 Å². The van der Waals surface area contributed by atoms with Gasteiger partial charge in [0.1, 0.15) is 11.5 Å². The zero-order chi connectivity index (χ0) is 21.3. The van der Waals surface area contributed by atoms with Gasteiger partial charge in [-0.25, -0.2) is 9.29 Å². The van der Waals surface area contributed by atoms with Gasteiger partial charge in [0, 0.05) is 24.9 Å². The number of anilines is 2. The number of halogens is 3. The highest BCUT2D eigenvalue weighted by molar-refractivity contribution is 6.34. The largest absolute Gasteiger partial charge is 0.336 e. The molecule has 0 saturated carbocycles. The van der Waals surface area contributed by atoms with E-state index in [4.69, 9.17) is 27.7 Å². The van der Waals surface area contributed by atoms with Crippen molar-refractivity contribution < 1.29 is 13.7 Å². The minimum Gasteiger partial charge on any atom is -0.336 e. The summed E-state index contributed by atoms with van der Waals surface area (Å²) in [5.41, 5.74) is 2.45. The van der Waals surface area contributed by atoms with Crippen LogP contribution >= 0.6 is 23.2 Å². The first kappa shape index (κ1) is 20.1. The average molecular weight is 442 g/mol. The van der Waals surface area contributed by atoms with E-state index in [1.807, 2.05) is 0 Å². The topological polar surface area (TPSA) is 59.2 Å². The number of pyridine rings is 1. The second-order valence-electron chi connectivity index (χ2n) is 6.38. The molecule has 0 unspecified atom stereocenters. The zero-order valence-electron chi connectivity index (χ0n) is 15.6. The zero-order valence-corrected chi connectivity index (χ0v) is 17.2. The average Bonchev–Trinajstić information content (AvgIpc) is 3.14. The van der Waals surface area contributed by atoms with Crippen molar-refractivity contribution in [2.75, 3.05) is 4.90 Å². The van der Waals surface area contributed by atoms with Gasteiger partial charge in [0.25, 0.3) is 0 Å². The van der Waals surface area contributed by atoms with Crippen molar-refractivity contribution >= 4 is 40.7 Å². The van der Waals surface area contributed by atoms with E-state index >= 15 is 0 Å². The summed E-state index contributed by atoms with van der Waals surface area (Å²) in [6.07, 6.45) is 3.21. The van der Waals surface area contributed by atoms with Gasteiger partial charge in [0.05, 0.1) is 21.3 Å². The van der Waals surface area contributed by atoms with E-state index in [0.29, 0.717) is 33.1 Å². The molecule has 0 N–H and O–H groups in total. The Balaban J connectivity index is 2.00. The summed E-state index contributed by atoms with van der Waals surface area (Å²) in [6.45, 7) is 1.40. The molecule has 0 atom stereocenters. The number of amides is 1. The predicted octanol–water partition coefficient (Wildman–Crippen LogP) is 6.53. The molecule has 0 aliphatic carbocycles. The van der Waals surface area contributed by atoms with Crippen molar-refractivity contribution in [1.82, 2.24) is 10.1 Å². The second kappa shape index (κ2) is 8.26. The fourth-order valence-electron chi connectivity index (χ4n) is 3.13. The van der Waals surface area contributed by atoms with Gasteiger partial charge in [-0.3, -0.25) is 9.78 Å². The van der Waals surface area contributed by atoms with Crippen molar-refractivity contribution in [2.45, 2.75) is 6.92 Å². The number of nitrogens with zero attached hydrogens (tertiary/aromatic N) is 3. The molecule has 0 saturated heterocycles. The van der Waals surface area contributed by atoms with Gasteiger partial charge >= 0.3 is 0 Å². The lowest BCUT2D eigenvalue weighted by Gasteiger charge is -2.20. The normalized spacial score (nSPS) is 10.8. The number of carbonyl (C=O) groups excluding carboxylic acids is 1. The molecule has 8 heteroatoms. The minimum atomic E-state index is -0.473. The Hall–Kier alpha value is -3.22. The van der Waals surface area contributed by atoms with Crippen molar-refractivity contribution in [1.29, 1.82) is 0 Å². The summed E-state index contributed by atoms with van der Waals surface area (Å²) >= 11 is 12.6. The number of hydrogen-bond donors (Lipinski definition) is 0. The molecular weight excluding hydrogens is 428 g/mol. The van der Waals surface area contributed by atoms with Gasteiger partial charge in [0.2, 0.25) is 11.8 Å². The Labute approximate surface area is 181 Å². The molecule has 2 heterocycles. The Morgan fingerprint density at radius 3 is 2.43 bits per heavy atom. The van der Waals surface area contributed by atoms with Crippen molar-refractivity contribution in [3.8, 4) is 22.4 Å². The molecule has 150 valence electrons. The molecule has 2 aromatic carbocycles. The molecule has 5 nitrogen and oxygen atoms in total. The van der Waals surface area contributed by atoms with Crippen LogP contribution < -0.4 is 4.90 Å². The number of para-hydroxylation sites is 1. The summed E-state index contributed by atoms with van der Waals surface area (Å²) in [4.78, 5) is 18.0. The first-order valence-corrected chi connectivity index (χ1v) is 9.63. The second-order valence-corrected chi connectivity index (χ2v) is 7.19. The molecular formula is C22H14Cl2FN3O2. The molecule has 4 rings (SSSR count). The standard InChI is InChI=1S/C22H14Cl2FN3O2/c1-13(29)28(19-5-3-2-4-17(19)23)22-20(14-8-10-26-11-9-14)21(27-30-22)16-7-6-15(25)12-18(16)24/h2-12H,1H3. The molecule has 0 aliphatic rings. The molecule has 4 aromatic rings. The molecule has 30 heavy (non-hydrogen) atoms. The lowest BCUT2D eigenvalue weighted by Crippen LogP contribution is -2.23. The SMILES string of the molecule is CC(=O)N(c1ccccc1Cl)c1onc(-c2ccc(F)cc2Cl)c1-c1ccncc1.